The van der Waals surface area contributed by atoms with Crippen LogP contribution < -0.4 is 10.2 Å². The first kappa shape index (κ1) is 20.1. The number of nitrogens with zero attached hydrogens (tertiary/aromatic N) is 1. The molecule has 2 N–H and O–H groups in total. The van der Waals surface area contributed by atoms with Gasteiger partial charge in [0.25, 0.3) is 0 Å². The number of ether oxygens (including phenoxy) is 1. The molecule has 1 saturated carbocycles. The van der Waals surface area contributed by atoms with Gasteiger partial charge in [-0.3, -0.25) is 0 Å². The van der Waals surface area contributed by atoms with Crippen LogP contribution in [0.2, 0.25) is 0 Å². The van der Waals surface area contributed by atoms with E-state index in [0.717, 1.165) is 36.0 Å². The first-order valence-electron chi connectivity index (χ1n) is 10.2. The van der Waals surface area contributed by atoms with E-state index >= 15 is 0 Å². The predicted octanol–water partition coefficient (Wildman–Crippen LogP) is 2.48. The van der Waals surface area contributed by atoms with Gasteiger partial charge in [-0.25, -0.2) is 4.79 Å². The number of quaternary nitrogens is 1. The van der Waals surface area contributed by atoms with Gasteiger partial charge in [0, 0.05) is 31.6 Å². The molecule has 27 heavy (non-hydrogen) atoms. The fourth-order valence-electron chi connectivity index (χ4n) is 4.36. The van der Waals surface area contributed by atoms with E-state index in [1.165, 1.54) is 38.5 Å². The molecule has 6 heteroatoms. The lowest BCUT2D eigenvalue weighted by atomic mass is 10.0. The lowest BCUT2D eigenvalue weighted by Crippen LogP contribution is -3.16. The van der Waals surface area contributed by atoms with Crippen LogP contribution in [0.25, 0.3) is 0 Å². The largest absolute Gasteiger partial charge is 0.462 e. The summed E-state index contributed by atoms with van der Waals surface area (Å²) in [6.07, 6.45) is 8.01. The molecule has 1 aliphatic heterocycles. The van der Waals surface area contributed by atoms with E-state index in [0.29, 0.717) is 12.2 Å². The summed E-state index contributed by atoms with van der Waals surface area (Å²) in [5.74, 6) is -0.289. The van der Waals surface area contributed by atoms with Gasteiger partial charge in [-0.15, -0.1) is 0 Å². The fraction of sp³-hybridized carbons (Fsp3) is 0.619. The summed E-state index contributed by atoms with van der Waals surface area (Å²) in [5, 5.41) is 4.08. The van der Waals surface area contributed by atoms with E-state index in [9.17, 15) is 4.79 Å². The van der Waals surface area contributed by atoms with Crippen molar-refractivity contribution in [3.63, 3.8) is 0 Å². The van der Waals surface area contributed by atoms with Gasteiger partial charge in [-0.1, -0.05) is 0 Å². The van der Waals surface area contributed by atoms with Gasteiger partial charge in [-0.05, 0) is 69.1 Å². The van der Waals surface area contributed by atoms with Gasteiger partial charge in [0.05, 0.1) is 31.3 Å². The smallest absolute Gasteiger partial charge is 0.338 e. The van der Waals surface area contributed by atoms with Crippen molar-refractivity contribution in [2.45, 2.75) is 57.5 Å². The van der Waals surface area contributed by atoms with E-state index in [1.54, 1.807) is 17.0 Å². The first-order chi connectivity index (χ1) is 13.1. The molecule has 5 nitrogen and oxygen atoms in total. The van der Waals surface area contributed by atoms with Crippen LogP contribution >= 0.6 is 12.2 Å². The number of benzene rings is 1. The van der Waals surface area contributed by atoms with Crippen molar-refractivity contribution in [3.8, 4) is 0 Å². The van der Waals surface area contributed by atoms with Crippen molar-refractivity contribution in [3.05, 3.63) is 29.8 Å². The third-order valence-corrected chi connectivity index (χ3v) is 6.43. The quantitative estimate of drug-likeness (QED) is 0.597. The highest BCUT2D eigenvalue weighted by atomic mass is 32.1. The molecule has 1 aromatic rings. The Hall–Kier alpha value is -1.66. The molecule has 0 amide bonds. The lowest BCUT2D eigenvalue weighted by molar-refractivity contribution is -0.931. The highest BCUT2D eigenvalue weighted by molar-refractivity contribution is 7.80. The third kappa shape index (κ3) is 5.20. The Bertz CT molecular complexity index is 635. The Morgan fingerprint density at radius 2 is 1.74 bits per heavy atom. The molecule has 2 fully saturated rings. The summed E-state index contributed by atoms with van der Waals surface area (Å²) in [7, 11) is 2.39. The van der Waals surface area contributed by atoms with Gasteiger partial charge >= 0.3 is 5.97 Å². The lowest BCUT2D eigenvalue weighted by Gasteiger charge is -2.38. The van der Waals surface area contributed by atoms with Crippen LogP contribution in [0.5, 0.6) is 0 Å². The minimum atomic E-state index is -0.289. The second-order valence-corrected chi connectivity index (χ2v) is 8.10. The van der Waals surface area contributed by atoms with Crippen LogP contribution in [0.1, 0.15) is 55.8 Å². The topological polar surface area (TPSA) is 46.0 Å². The van der Waals surface area contributed by atoms with Crippen LogP contribution in [0.4, 0.5) is 5.69 Å². The number of likely N-dealkylation sites (tertiary alicyclic amines) is 1. The van der Waals surface area contributed by atoms with E-state index in [2.05, 4.69) is 17.3 Å². The molecule has 1 aliphatic carbocycles. The van der Waals surface area contributed by atoms with Gasteiger partial charge < -0.3 is 19.9 Å². The summed E-state index contributed by atoms with van der Waals surface area (Å²) >= 11 is 5.61. The van der Waals surface area contributed by atoms with Crippen molar-refractivity contribution in [2.75, 3.05) is 32.1 Å². The zero-order valence-corrected chi connectivity index (χ0v) is 17.3. The number of hydrogen-bond donors (Lipinski definition) is 2. The Labute approximate surface area is 168 Å². The summed E-state index contributed by atoms with van der Waals surface area (Å²) in [4.78, 5) is 15.7. The Kier molecular flexibility index (Phi) is 7.07. The SMILES string of the molecule is CCOC(=O)c1ccc(NC(=S)N2CCC([NH+](C)C3CCCC3)CC2)cc1. The monoisotopic (exact) mass is 390 g/mol. The predicted molar refractivity (Wildman–Crippen MR) is 112 cm³/mol. The number of carbonyl (C=O) groups excluding carboxylic acids is 1. The summed E-state index contributed by atoms with van der Waals surface area (Å²) < 4.78 is 5.01. The zero-order chi connectivity index (χ0) is 19.2. The Morgan fingerprint density at radius 1 is 1.15 bits per heavy atom. The van der Waals surface area contributed by atoms with Crippen LogP contribution in [-0.2, 0) is 4.74 Å². The second-order valence-electron chi connectivity index (χ2n) is 7.71. The maximum absolute atomic E-state index is 11.7. The number of anilines is 1. The number of esters is 1. The van der Waals surface area contributed by atoms with Crippen LogP contribution in [0, 0.1) is 0 Å². The molecule has 1 atom stereocenters. The van der Waals surface area contributed by atoms with Crippen LogP contribution in [0.3, 0.4) is 0 Å². The number of piperidine rings is 1. The number of rotatable bonds is 5. The molecule has 0 bridgehead atoms. The molecule has 1 heterocycles. The Balaban J connectivity index is 1.47. The van der Waals surface area contributed by atoms with Crippen LogP contribution in [-0.4, -0.2) is 54.8 Å². The number of nitrogens with one attached hydrogen (secondary N) is 2. The van der Waals surface area contributed by atoms with Crippen molar-refractivity contribution >= 4 is 29.0 Å². The first-order valence-corrected chi connectivity index (χ1v) is 10.7. The number of hydrogen-bond acceptors (Lipinski definition) is 3. The minimum absolute atomic E-state index is 0.289. The molecular formula is C21H32N3O2S+. The van der Waals surface area contributed by atoms with Crippen molar-refractivity contribution in [1.82, 2.24) is 4.90 Å². The van der Waals surface area contributed by atoms with Crippen molar-refractivity contribution in [1.29, 1.82) is 0 Å². The van der Waals surface area contributed by atoms with E-state index in [1.807, 2.05) is 19.1 Å². The Morgan fingerprint density at radius 3 is 2.33 bits per heavy atom. The van der Waals surface area contributed by atoms with Gasteiger partial charge in [0.2, 0.25) is 0 Å². The maximum atomic E-state index is 11.7. The van der Waals surface area contributed by atoms with Crippen LogP contribution in [0.15, 0.2) is 24.3 Å². The van der Waals surface area contributed by atoms with Gasteiger partial charge in [0.1, 0.15) is 0 Å². The molecule has 1 saturated heterocycles. The molecule has 0 radical (unpaired) electrons. The summed E-state index contributed by atoms with van der Waals surface area (Å²) in [6.45, 7) is 4.22. The summed E-state index contributed by atoms with van der Waals surface area (Å²) in [6, 6.07) is 8.93. The van der Waals surface area contributed by atoms with E-state index in [4.69, 9.17) is 17.0 Å². The maximum Gasteiger partial charge on any atom is 0.338 e. The second kappa shape index (κ2) is 9.51. The highest BCUT2D eigenvalue weighted by Gasteiger charge is 2.32. The summed E-state index contributed by atoms with van der Waals surface area (Å²) in [5.41, 5.74) is 1.47. The highest BCUT2D eigenvalue weighted by Crippen LogP contribution is 2.18. The molecule has 148 valence electrons. The molecular weight excluding hydrogens is 358 g/mol. The number of carbonyl (C=O) groups is 1. The molecule has 3 rings (SSSR count). The molecule has 1 unspecified atom stereocenters. The zero-order valence-electron chi connectivity index (χ0n) is 16.5. The molecule has 1 aromatic carbocycles. The minimum Gasteiger partial charge on any atom is -0.462 e. The van der Waals surface area contributed by atoms with Gasteiger partial charge in [-0.2, -0.15) is 0 Å². The normalized spacial score (nSPS) is 19.7. The van der Waals surface area contributed by atoms with Crippen molar-refractivity contribution < 1.29 is 14.4 Å². The molecule has 2 aliphatic rings. The average molecular weight is 391 g/mol. The third-order valence-electron chi connectivity index (χ3n) is 6.07. The van der Waals surface area contributed by atoms with E-state index in [-0.39, 0.29) is 5.97 Å². The number of thiocarbonyl (C=S) groups is 1. The van der Waals surface area contributed by atoms with Gasteiger partial charge in [0.15, 0.2) is 5.11 Å². The fourth-order valence-corrected chi connectivity index (χ4v) is 4.66. The standard InChI is InChI=1S/C21H31N3O2S/c1-3-26-20(25)16-8-10-17(11-9-16)22-21(27)24-14-12-19(13-15-24)23(2)18-6-4-5-7-18/h8-11,18-19H,3-7,12-15H2,1-2H3,(H,22,27)/p+1. The van der Waals surface area contributed by atoms with E-state index < -0.39 is 0 Å². The van der Waals surface area contributed by atoms with Crippen molar-refractivity contribution in [2.24, 2.45) is 0 Å². The molecule has 0 spiro atoms. The molecule has 0 aromatic heterocycles. The average Bonchev–Trinajstić information content (AvgIpc) is 3.23.